The van der Waals surface area contributed by atoms with Gasteiger partial charge in [-0.15, -0.1) is 11.3 Å². The van der Waals surface area contributed by atoms with Crippen LogP contribution in [0.1, 0.15) is 44.1 Å². The minimum absolute atomic E-state index is 0.0286. The first kappa shape index (κ1) is 30.9. The Bertz CT molecular complexity index is 1520. The first-order valence-electron chi connectivity index (χ1n) is 15.3. The SMILES string of the molecule is O=C(CCCCC1SCC2NC(=O)NC21)Nc1ccc(-c2csc(NC(=O)C3CCCN3C(=O)OCc3ccccc3)n2)cc1. The van der Waals surface area contributed by atoms with E-state index in [1.807, 2.05) is 71.7 Å². The zero-order chi connectivity index (χ0) is 31.2. The average Bonchev–Trinajstić information content (AvgIpc) is 3.85. The van der Waals surface area contributed by atoms with Crippen LogP contribution in [0.4, 0.5) is 20.4 Å². The highest BCUT2D eigenvalue weighted by Gasteiger charge is 2.42. The number of hydrogen-bond acceptors (Lipinski definition) is 8. The monoisotopic (exact) mass is 648 g/mol. The summed E-state index contributed by atoms with van der Waals surface area (Å²) < 4.78 is 5.45. The molecular formula is C32H36N6O5S2. The van der Waals surface area contributed by atoms with Crippen molar-refractivity contribution in [3.05, 3.63) is 65.5 Å². The van der Waals surface area contributed by atoms with Gasteiger partial charge in [-0.25, -0.2) is 14.6 Å². The van der Waals surface area contributed by atoms with Gasteiger partial charge < -0.3 is 26.0 Å². The fraction of sp³-hybridized carbons (Fsp3) is 0.406. The molecule has 0 bridgehead atoms. The number of nitrogens with one attached hydrogen (secondary N) is 4. The normalized spacial score (nSPS) is 22.0. The number of fused-ring (bicyclic) bond motifs is 1. The predicted molar refractivity (Wildman–Crippen MR) is 175 cm³/mol. The number of urea groups is 1. The van der Waals surface area contributed by atoms with Crippen LogP contribution in [0, 0.1) is 0 Å². The van der Waals surface area contributed by atoms with Gasteiger partial charge >= 0.3 is 12.1 Å². The Kier molecular flexibility index (Phi) is 9.84. The van der Waals surface area contributed by atoms with Crippen molar-refractivity contribution in [2.75, 3.05) is 22.9 Å². The van der Waals surface area contributed by atoms with E-state index in [2.05, 4.69) is 26.3 Å². The van der Waals surface area contributed by atoms with Crippen LogP contribution in [-0.4, -0.2) is 69.5 Å². The largest absolute Gasteiger partial charge is 0.445 e. The molecule has 45 heavy (non-hydrogen) atoms. The van der Waals surface area contributed by atoms with Crippen LogP contribution in [0.5, 0.6) is 0 Å². The number of anilines is 2. The van der Waals surface area contributed by atoms with E-state index in [1.165, 1.54) is 16.2 Å². The van der Waals surface area contributed by atoms with Crippen molar-refractivity contribution in [2.24, 2.45) is 0 Å². The Labute approximate surface area is 269 Å². The molecule has 3 aliphatic rings. The van der Waals surface area contributed by atoms with Gasteiger partial charge in [0.05, 0.1) is 17.8 Å². The van der Waals surface area contributed by atoms with Gasteiger partial charge in [0.1, 0.15) is 12.6 Å². The van der Waals surface area contributed by atoms with Gasteiger partial charge in [-0.05, 0) is 43.4 Å². The summed E-state index contributed by atoms with van der Waals surface area (Å²) in [6.45, 7) is 0.626. The number of likely N-dealkylation sites (tertiary alicyclic amines) is 1. The second-order valence-corrected chi connectivity index (χ2v) is 13.5. The maximum absolute atomic E-state index is 13.1. The molecule has 0 spiro atoms. The lowest BCUT2D eigenvalue weighted by atomic mass is 10.0. The Morgan fingerprint density at radius 3 is 2.67 bits per heavy atom. The molecular weight excluding hydrogens is 613 g/mol. The summed E-state index contributed by atoms with van der Waals surface area (Å²) in [4.78, 5) is 55.9. The number of nitrogens with zero attached hydrogens (tertiary/aromatic N) is 2. The molecule has 4 heterocycles. The smallest absolute Gasteiger partial charge is 0.410 e. The van der Waals surface area contributed by atoms with Gasteiger partial charge in [-0.1, -0.05) is 48.9 Å². The van der Waals surface area contributed by atoms with Crippen LogP contribution in [0.25, 0.3) is 11.3 Å². The van der Waals surface area contributed by atoms with Gasteiger partial charge in [0.25, 0.3) is 0 Å². The third-order valence-electron chi connectivity index (χ3n) is 8.27. The van der Waals surface area contributed by atoms with Gasteiger partial charge in [0.2, 0.25) is 11.8 Å². The van der Waals surface area contributed by atoms with Crippen molar-refractivity contribution in [1.82, 2.24) is 20.5 Å². The molecule has 3 aromatic rings. The Morgan fingerprint density at radius 1 is 1.02 bits per heavy atom. The minimum Gasteiger partial charge on any atom is -0.445 e. The summed E-state index contributed by atoms with van der Waals surface area (Å²) in [6, 6.07) is 16.6. The van der Waals surface area contributed by atoms with Crippen LogP contribution in [0.15, 0.2) is 60.0 Å². The van der Waals surface area contributed by atoms with Gasteiger partial charge in [-0.2, -0.15) is 11.8 Å². The summed E-state index contributed by atoms with van der Waals surface area (Å²) in [5, 5.41) is 14.5. The van der Waals surface area contributed by atoms with E-state index < -0.39 is 12.1 Å². The third kappa shape index (κ3) is 7.77. The highest BCUT2D eigenvalue weighted by Crippen LogP contribution is 2.33. The van der Waals surface area contributed by atoms with E-state index in [4.69, 9.17) is 4.74 Å². The minimum atomic E-state index is -0.607. The molecule has 236 valence electrons. The third-order valence-corrected chi connectivity index (χ3v) is 10.5. The van der Waals surface area contributed by atoms with E-state index in [0.717, 1.165) is 42.6 Å². The number of carbonyl (C=O) groups is 4. The topological polar surface area (TPSA) is 142 Å². The second kappa shape index (κ2) is 14.3. The zero-order valence-electron chi connectivity index (χ0n) is 24.7. The molecule has 1 aromatic heterocycles. The molecule has 11 nitrogen and oxygen atoms in total. The van der Waals surface area contributed by atoms with Crippen molar-refractivity contribution in [3.8, 4) is 11.3 Å². The Balaban J connectivity index is 0.933. The molecule has 0 radical (unpaired) electrons. The summed E-state index contributed by atoms with van der Waals surface area (Å²) >= 11 is 3.20. The molecule has 3 saturated heterocycles. The number of benzene rings is 2. The van der Waals surface area contributed by atoms with Crippen molar-refractivity contribution in [3.63, 3.8) is 0 Å². The quantitative estimate of drug-likeness (QED) is 0.165. The van der Waals surface area contributed by atoms with Crippen molar-refractivity contribution >= 4 is 57.9 Å². The first-order chi connectivity index (χ1) is 21.9. The molecule has 13 heteroatoms. The highest BCUT2D eigenvalue weighted by atomic mass is 32.2. The molecule has 6 rings (SSSR count). The lowest BCUT2D eigenvalue weighted by Crippen LogP contribution is -2.43. The predicted octanol–water partition coefficient (Wildman–Crippen LogP) is 5.21. The standard InChI is InChI=1S/C32H36N6O5S2/c39-27(11-5-4-10-26-28-24(19-44-26)34-30(41)36-28)33-22-14-12-21(13-15-22)23-18-45-31(35-23)37-29(40)25-9-6-16-38(25)32(42)43-17-20-7-2-1-3-8-20/h1-3,7-8,12-15,18,24-26,28H,4-6,9-11,16-17,19H2,(H,33,39)(H2,34,36,41)(H,35,37,40). The highest BCUT2D eigenvalue weighted by molar-refractivity contribution is 8.00. The molecule has 4 unspecified atom stereocenters. The van der Waals surface area contributed by atoms with Crippen LogP contribution in [-0.2, 0) is 20.9 Å². The van der Waals surface area contributed by atoms with Crippen LogP contribution in [0.3, 0.4) is 0 Å². The number of ether oxygens (including phenoxy) is 1. The van der Waals surface area contributed by atoms with E-state index in [-0.39, 0.29) is 36.5 Å². The number of aromatic nitrogens is 1. The lowest BCUT2D eigenvalue weighted by Gasteiger charge is -2.22. The maximum atomic E-state index is 13.1. The van der Waals surface area contributed by atoms with Crippen LogP contribution in [0.2, 0.25) is 0 Å². The molecule has 3 fully saturated rings. The summed E-state index contributed by atoms with van der Waals surface area (Å²) in [7, 11) is 0. The zero-order valence-corrected chi connectivity index (χ0v) is 26.3. The number of carbonyl (C=O) groups excluding carboxylic acids is 4. The van der Waals surface area contributed by atoms with Crippen molar-refractivity contribution in [2.45, 2.75) is 68.5 Å². The molecule has 5 amide bonds. The summed E-state index contributed by atoms with van der Waals surface area (Å²) in [6.07, 6.45) is 3.94. The van der Waals surface area contributed by atoms with Crippen molar-refractivity contribution < 1.29 is 23.9 Å². The number of thioether (sulfide) groups is 1. The lowest BCUT2D eigenvalue weighted by molar-refractivity contribution is -0.120. The molecule has 0 saturated carbocycles. The van der Waals surface area contributed by atoms with Gasteiger partial charge in [0.15, 0.2) is 5.13 Å². The molecule has 4 atom stereocenters. The second-order valence-electron chi connectivity index (χ2n) is 11.4. The molecule has 4 N–H and O–H groups in total. The number of thiazole rings is 1. The van der Waals surface area contributed by atoms with E-state index in [0.29, 0.717) is 41.1 Å². The van der Waals surface area contributed by atoms with Gasteiger partial charge in [0, 0.05) is 40.6 Å². The van der Waals surface area contributed by atoms with Crippen LogP contribution < -0.4 is 21.3 Å². The number of hydrogen-bond donors (Lipinski definition) is 4. The van der Waals surface area contributed by atoms with E-state index in [1.54, 1.807) is 0 Å². The molecule has 0 aliphatic carbocycles. The fourth-order valence-corrected chi connectivity index (χ4v) is 8.20. The maximum Gasteiger partial charge on any atom is 0.410 e. The van der Waals surface area contributed by atoms with Crippen molar-refractivity contribution in [1.29, 1.82) is 0 Å². The number of rotatable bonds is 11. The molecule has 2 aromatic carbocycles. The average molecular weight is 649 g/mol. The Hall–Kier alpha value is -4.10. The summed E-state index contributed by atoms with van der Waals surface area (Å²) in [5.74, 6) is 0.629. The van der Waals surface area contributed by atoms with Crippen LogP contribution >= 0.6 is 23.1 Å². The summed E-state index contributed by atoms with van der Waals surface area (Å²) in [5.41, 5.74) is 3.17. The Morgan fingerprint density at radius 2 is 1.84 bits per heavy atom. The molecule has 3 aliphatic heterocycles. The van der Waals surface area contributed by atoms with E-state index >= 15 is 0 Å². The first-order valence-corrected chi connectivity index (χ1v) is 17.2. The number of unbranched alkanes of at least 4 members (excludes halogenated alkanes) is 1. The van der Waals surface area contributed by atoms with Gasteiger partial charge in [-0.3, -0.25) is 14.5 Å². The fourth-order valence-electron chi connectivity index (χ4n) is 5.93. The van der Waals surface area contributed by atoms with E-state index in [9.17, 15) is 19.2 Å². The number of amides is 5.